The zero-order chi connectivity index (χ0) is 10.8. The van der Waals surface area contributed by atoms with Crippen molar-refractivity contribution >= 4 is 40.6 Å². The number of carboxylic acids is 1. The number of aliphatic carboxylic acids is 1. The van der Waals surface area contributed by atoms with Crippen LogP contribution < -0.4 is 4.74 Å². The van der Waals surface area contributed by atoms with Gasteiger partial charge in [-0.25, -0.2) is 4.79 Å². The standard InChI is InChI=1S/C10H11ClO3.Mg.2H/c1-10(2,9(12)13)14-8-5-3-7(11)4-6-8;;;/h3-6H,1-2H3,(H,12,13);;;/q;+2;2*-1. The summed E-state index contributed by atoms with van der Waals surface area (Å²) in [7, 11) is 0. The summed E-state index contributed by atoms with van der Waals surface area (Å²) < 4.78 is 5.26. The SMILES string of the molecule is CC(C)(Oc1ccc(Cl)cc1)C(=O)O.[H-].[H-].[Mg+2]. The second-order valence-electron chi connectivity index (χ2n) is 3.37. The molecule has 3 nitrogen and oxygen atoms in total. The largest absolute Gasteiger partial charge is 2.00 e. The van der Waals surface area contributed by atoms with Gasteiger partial charge in [0, 0.05) is 5.02 Å². The Morgan fingerprint density at radius 3 is 2.27 bits per heavy atom. The van der Waals surface area contributed by atoms with Crippen LogP contribution in [0.15, 0.2) is 24.3 Å². The van der Waals surface area contributed by atoms with E-state index in [1.54, 1.807) is 24.3 Å². The van der Waals surface area contributed by atoms with Crippen molar-refractivity contribution in [2.24, 2.45) is 0 Å². The summed E-state index contributed by atoms with van der Waals surface area (Å²) in [4.78, 5) is 10.7. The first kappa shape index (κ1) is 14.5. The maximum absolute atomic E-state index is 10.7. The predicted molar refractivity (Wildman–Crippen MR) is 61.8 cm³/mol. The van der Waals surface area contributed by atoms with Crippen molar-refractivity contribution in [3.8, 4) is 5.75 Å². The minimum absolute atomic E-state index is 0. The number of ether oxygens (including phenoxy) is 1. The predicted octanol–water partition coefficient (Wildman–Crippen LogP) is 2.43. The third kappa shape index (κ3) is 4.28. The van der Waals surface area contributed by atoms with E-state index in [1.165, 1.54) is 13.8 Å². The minimum atomic E-state index is -1.23. The summed E-state index contributed by atoms with van der Waals surface area (Å²) in [5.74, 6) is -0.519. The molecule has 15 heavy (non-hydrogen) atoms. The molecule has 0 bridgehead atoms. The number of hydrogen-bond donors (Lipinski definition) is 1. The van der Waals surface area contributed by atoms with Gasteiger partial charge in [-0.1, -0.05) is 11.6 Å². The topological polar surface area (TPSA) is 46.5 Å². The van der Waals surface area contributed by atoms with E-state index in [1.807, 2.05) is 0 Å². The van der Waals surface area contributed by atoms with Crippen LogP contribution in [0.5, 0.6) is 5.75 Å². The number of halogens is 1. The molecule has 0 heterocycles. The molecule has 0 aliphatic rings. The van der Waals surface area contributed by atoms with Crippen LogP contribution in [-0.2, 0) is 4.79 Å². The third-order valence-electron chi connectivity index (χ3n) is 1.70. The first-order valence-electron chi connectivity index (χ1n) is 4.10. The van der Waals surface area contributed by atoms with Gasteiger partial charge in [-0.3, -0.25) is 0 Å². The number of benzene rings is 1. The fraction of sp³-hybridized carbons (Fsp3) is 0.300. The van der Waals surface area contributed by atoms with E-state index in [0.29, 0.717) is 10.8 Å². The summed E-state index contributed by atoms with van der Waals surface area (Å²) in [5.41, 5.74) is -1.23. The molecule has 0 saturated carbocycles. The normalized spacial score (nSPS) is 10.3. The molecular weight excluding hydrogens is 228 g/mol. The van der Waals surface area contributed by atoms with Crippen LogP contribution in [0.3, 0.4) is 0 Å². The van der Waals surface area contributed by atoms with Gasteiger partial charge in [0.15, 0.2) is 5.60 Å². The van der Waals surface area contributed by atoms with Crippen molar-refractivity contribution in [2.75, 3.05) is 0 Å². The molecule has 5 heteroatoms. The molecule has 80 valence electrons. The van der Waals surface area contributed by atoms with Crippen LogP contribution in [0.25, 0.3) is 0 Å². The quantitative estimate of drug-likeness (QED) is 0.826. The maximum Gasteiger partial charge on any atom is 2.00 e. The Morgan fingerprint density at radius 2 is 1.87 bits per heavy atom. The average molecular weight is 241 g/mol. The van der Waals surface area contributed by atoms with Gasteiger partial charge in [0.05, 0.1) is 0 Å². The van der Waals surface area contributed by atoms with Crippen molar-refractivity contribution < 1.29 is 17.5 Å². The Morgan fingerprint density at radius 1 is 1.40 bits per heavy atom. The Kier molecular flexibility index (Phi) is 5.41. The summed E-state index contributed by atoms with van der Waals surface area (Å²) in [6.45, 7) is 2.98. The Balaban J connectivity index is -0.000000653. The van der Waals surface area contributed by atoms with E-state index in [4.69, 9.17) is 21.4 Å². The molecule has 0 amide bonds. The molecule has 0 spiro atoms. The van der Waals surface area contributed by atoms with Gasteiger partial charge in [-0.15, -0.1) is 0 Å². The van der Waals surface area contributed by atoms with Crippen molar-refractivity contribution in [3.63, 3.8) is 0 Å². The zero-order valence-electron chi connectivity index (χ0n) is 10.7. The molecule has 1 aromatic carbocycles. The minimum Gasteiger partial charge on any atom is -1.00 e. The van der Waals surface area contributed by atoms with Crippen LogP contribution in [0, 0.1) is 0 Å². The van der Waals surface area contributed by atoms with Gasteiger partial charge in [-0.2, -0.15) is 0 Å². The van der Waals surface area contributed by atoms with Crippen LogP contribution >= 0.6 is 11.6 Å². The van der Waals surface area contributed by atoms with Crippen LogP contribution in [0.4, 0.5) is 0 Å². The van der Waals surface area contributed by atoms with Crippen molar-refractivity contribution in [2.45, 2.75) is 19.4 Å². The van der Waals surface area contributed by atoms with Gasteiger partial charge in [-0.05, 0) is 38.1 Å². The van der Waals surface area contributed by atoms with E-state index < -0.39 is 11.6 Å². The van der Waals surface area contributed by atoms with Gasteiger partial charge in [0.2, 0.25) is 0 Å². The number of carboxylic acid groups (broad SMARTS) is 1. The summed E-state index contributed by atoms with van der Waals surface area (Å²) in [6, 6.07) is 6.56. The van der Waals surface area contributed by atoms with Crippen molar-refractivity contribution in [1.82, 2.24) is 0 Å². The second-order valence-corrected chi connectivity index (χ2v) is 3.81. The molecule has 0 saturated heterocycles. The molecule has 0 atom stereocenters. The summed E-state index contributed by atoms with van der Waals surface area (Å²) in [6.07, 6.45) is 0. The van der Waals surface area contributed by atoms with Gasteiger partial charge < -0.3 is 12.7 Å². The van der Waals surface area contributed by atoms with E-state index in [0.717, 1.165) is 0 Å². The molecular formula is C10H13ClMgO3. The van der Waals surface area contributed by atoms with E-state index in [2.05, 4.69) is 0 Å². The molecule has 0 fully saturated rings. The van der Waals surface area contributed by atoms with E-state index in [-0.39, 0.29) is 25.9 Å². The molecule has 0 radical (unpaired) electrons. The van der Waals surface area contributed by atoms with Gasteiger partial charge in [0.25, 0.3) is 0 Å². The third-order valence-corrected chi connectivity index (χ3v) is 1.95. The van der Waals surface area contributed by atoms with Crippen LogP contribution in [0.2, 0.25) is 5.02 Å². The maximum atomic E-state index is 10.7. The van der Waals surface area contributed by atoms with Gasteiger partial charge in [0.1, 0.15) is 5.75 Å². The fourth-order valence-corrected chi connectivity index (χ4v) is 0.967. The van der Waals surface area contributed by atoms with Gasteiger partial charge >= 0.3 is 29.0 Å². The van der Waals surface area contributed by atoms with E-state index in [9.17, 15) is 4.79 Å². The Hall–Kier alpha value is -0.454. The van der Waals surface area contributed by atoms with E-state index >= 15 is 0 Å². The van der Waals surface area contributed by atoms with Crippen LogP contribution in [-0.4, -0.2) is 39.7 Å². The first-order valence-corrected chi connectivity index (χ1v) is 4.47. The first-order chi connectivity index (χ1) is 6.42. The number of hydrogen-bond acceptors (Lipinski definition) is 2. The zero-order valence-corrected chi connectivity index (χ0v) is 10.8. The Bertz CT molecular complexity index is 344. The number of rotatable bonds is 3. The molecule has 0 unspecified atom stereocenters. The van der Waals surface area contributed by atoms with Crippen LogP contribution in [0.1, 0.15) is 16.7 Å². The summed E-state index contributed by atoms with van der Waals surface area (Å²) >= 11 is 5.67. The molecule has 0 aromatic heterocycles. The molecule has 0 aliphatic carbocycles. The van der Waals surface area contributed by atoms with Crippen molar-refractivity contribution in [3.05, 3.63) is 29.3 Å². The molecule has 1 aromatic rings. The average Bonchev–Trinajstić information content (AvgIpc) is 2.08. The number of carbonyl (C=O) groups is 1. The summed E-state index contributed by atoms with van der Waals surface area (Å²) in [5, 5.41) is 9.39. The monoisotopic (exact) mass is 240 g/mol. The van der Waals surface area contributed by atoms with Crippen molar-refractivity contribution in [1.29, 1.82) is 0 Å². The molecule has 1 N–H and O–H groups in total. The fourth-order valence-electron chi connectivity index (χ4n) is 0.841. The second kappa shape index (κ2) is 5.58. The molecule has 1 rings (SSSR count). The molecule has 0 aliphatic heterocycles. The smallest absolute Gasteiger partial charge is 1.00 e. The Labute approximate surface area is 113 Å².